The fourth-order valence-corrected chi connectivity index (χ4v) is 2.11. The molecule has 2 rings (SSSR count). The van der Waals surface area contributed by atoms with E-state index in [1.165, 1.54) is 12.8 Å². The number of benzene rings is 1. The van der Waals surface area contributed by atoms with Crippen LogP contribution in [0.25, 0.3) is 0 Å². The summed E-state index contributed by atoms with van der Waals surface area (Å²) < 4.78 is 0. The van der Waals surface area contributed by atoms with Gasteiger partial charge in [0, 0.05) is 18.2 Å². The van der Waals surface area contributed by atoms with Gasteiger partial charge in [0.2, 0.25) is 0 Å². The largest absolute Gasteiger partial charge is 0.350 e. The van der Waals surface area contributed by atoms with E-state index in [4.69, 9.17) is 5.73 Å². The van der Waals surface area contributed by atoms with Crippen LogP contribution in [0.1, 0.15) is 34.3 Å². The highest BCUT2D eigenvalue weighted by atomic mass is 16.1. The predicted molar refractivity (Wildman–Crippen MR) is 68.9 cm³/mol. The molecule has 1 atom stereocenters. The summed E-state index contributed by atoms with van der Waals surface area (Å²) >= 11 is 0. The lowest BCUT2D eigenvalue weighted by Gasteiger charge is -2.12. The average Bonchev–Trinajstić information content (AvgIpc) is 3.07. The lowest BCUT2D eigenvalue weighted by molar-refractivity contribution is 0.0950. The molecule has 0 bridgehead atoms. The maximum atomic E-state index is 11.9. The van der Waals surface area contributed by atoms with Crippen molar-refractivity contribution < 1.29 is 4.79 Å². The summed E-state index contributed by atoms with van der Waals surface area (Å²) in [7, 11) is 0. The third kappa shape index (κ3) is 3.30. The molecule has 1 unspecified atom stereocenters. The second-order valence-electron chi connectivity index (χ2n) is 5.09. The van der Waals surface area contributed by atoms with E-state index in [2.05, 4.69) is 11.4 Å². The van der Waals surface area contributed by atoms with Crippen LogP contribution in [0.3, 0.4) is 0 Å². The molecule has 1 amide bonds. The lowest BCUT2D eigenvalue weighted by atomic mass is 10.1. The molecule has 0 aliphatic heterocycles. The van der Waals surface area contributed by atoms with Gasteiger partial charge in [-0.25, -0.2) is 0 Å². The highest BCUT2D eigenvalue weighted by molar-refractivity contribution is 5.94. The summed E-state index contributed by atoms with van der Waals surface area (Å²) in [4.78, 5) is 11.9. The fourth-order valence-electron chi connectivity index (χ4n) is 2.11. The monoisotopic (exact) mass is 232 g/mol. The zero-order valence-electron chi connectivity index (χ0n) is 10.5. The second-order valence-corrected chi connectivity index (χ2v) is 5.09. The van der Waals surface area contributed by atoms with Gasteiger partial charge < -0.3 is 11.1 Å². The number of aryl methyl sites for hydroxylation is 2. The van der Waals surface area contributed by atoms with Crippen LogP contribution >= 0.6 is 0 Å². The Labute approximate surface area is 102 Å². The van der Waals surface area contributed by atoms with Gasteiger partial charge in [0.1, 0.15) is 0 Å². The molecular formula is C14H20N2O. The standard InChI is InChI=1S/C14H20N2O/c1-9-5-10(2)7-12(6-9)14(17)16-8-13(15)11-3-4-11/h5-7,11,13H,3-4,8,15H2,1-2H3,(H,16,17). The minimum absolute atomic E-state index is 0.0205. The topological polar surface area (TPSA) is 55.1 Å². The third-order valence-corrected chi connectivity index (χ3v) is 3.21. The smallest absolute Gasteiger partial charge is 0.251 e. The van der Waals surface area contributed by atoms with Gasteiger partial charge in [-0.1, -0.05) is 17.2 Å². The molecule has 1 saturated carbocycles. The summed E-state index contributed by atoms with van der Waals surface area (Å²) in [6.07, 6.45) is 2.42. The Bertz CT molecular complexity index is 404. The Hall–Kier alpha value is -1.35. The fraction of sp³-hybridized carbons (Fsp3) is 0.500. The van der Waals surface area contributed by atoms with Gasteiger partial charge >= 0.3 is 0 Å². The van der Waals surface area contributed by atoms with E-state index in [1.54, 1.807) is 0 Å². The molecular weight excluding hydrogens is 212 g/mol. The molecule has 0 aromatic heterocycles. The second kappa shape index (κ2) is 4.88. The molecule has 0 saturated heterocycles. The van der Waals surface area contributed by atoms with Crippen molar-refractivity contribution in [2.45, 2.75) is 32.7 Å². The van der Waals surface area contributed by atoms with Gasteiger partial charge in [-0.15, -0.1) is 0 Å². The van der Waals surface area contributed by atoms with Crippen LogP contribution in [0.2, 0.25) is 0 Å². The van der Waals surface area contributed by atoms with Gasteiger partial charge in [0.25, 0.3) is 5.91 Å². The van der Waals surface area contributed by atoms with Crippen molar-refractivity contribution in [2.24, 2.45) is 11.7 Å². The summed E-state index contributed by atoms with van der Waals surface area (Å²) in [5.74, 6) is 0.599. The van der Waals surface area contributed by atoms with Crippen molar-refractivity contribution in [1.29, 1.82) is 0 Å². The SMILES string of the molecule is Cc1cc(C)cc(C(=O)NCC(N)C2CC2)c1. The average molecular weight is 232 g/mol. The minimum atomic E-state index is -0.0205. The van der Waals surface area contributed by atoms with Crippen molar-refractivity contribution in [1.82, 2.24) is 5.32 Å². The number of carbonyl (C=O) groups excluding carboxylic acids is 1. The van der Waals surface area contributed by atoms with Gasteiger partial charge in [0.05, 0.1) is 0 Å². The highest BCUT2D eigenvalue weighted by Gasteiger charge is 2.28. The van der Waals surface area contributed by atoms with Crippen LogP contribution in [0.5, 0.6) is 0 Å². The molecule has 92 valence electrons. The molecule has 0 spiro atoms. The van der Waals surface area contributed by atoms with Gasteiger partial charge in [-0.05, 0) is 44.7 Å². The van der Waals surface area contributed by atoms with E-state index in [0.717, 1.165) is 16.7 Å². The van der Waals surface area contributed by atoms with Crippen molar-refractivity contribution in [3.05, 3.63) is 34.9 Å². The lowest BCUT2D eigenvalue weighted by Crippen LogP contribution is -2.38. The maximum Gasteiger partial charge on any atom is 0.251 e. The van der Waals surface area contributed by atoms with E-state index >= 15 is 0 Å². The number of nitrogens with one attached hydrogen (secondary N) is 1. The molecule has 3 N–H and O–H groups in total. The summed E-state index contributed by atoms with van der Waals surface area (Å²) in [5, 5.41) is 2.91. The molecule has 1 aliphatic carbocycles. The first kappa shape index (κ1) is 12.1. The summed E-state index contributed by atoms with van der Waals surface area (Å²) in [5.41, 5.74) is 8.90. The number of rotatable bonds is 4. The summed E-state index contributed by atoms with van der Waals surface area (Å²) in [6, 6.07) is 5.99. The molecule has 1 aromatic rings. The predicted octanol–water partition coefficient (Wildman–Crippen LogP) is 1.77. The van der Waals surface area contributed by atoms with Crippen molar-refractivity contribution >= 4 is 5.91 Å². The number of amides is 1. The first-order chi connectivity index (χ1) is 8.06. The van der Waals surface area contributed by atoms with Crippen LogP contribution in [0.15, 0.2) is 18.2 Å². The van der Waals surface area contributed by atoms with Crippen molar-refractivity contribution in [3.8, 4) is 0 Å². The number of carbonyl (C=O) groups is 1. The molecule has 1 fully saturated rings. The molecule has 3 nitrogen and oxygen atoms in total. The number of hydrogen-bond donors (Lipinski definition) is 2. The van der Waals surface area contributed by atoms with E-state index in [-0.39, 0.29) is 11.9 Å². The van der Waals surface area contributed by atoms with E-state index in [1.807, 2.05) is 26.0 Å². The third-order valence-electron chi connectivity index (χ3n) is 3.21. The van der Waals surface area contributed by atoms with Crippen LogP contribution in [-0.4, -0.2) is 18.5 Å². The quantitative estimate of drug-likeness (QED) is 0.831. The Morgan fingerprint density at radius 3 is 2.47 bits per heavy atom. The number of hydrogen-bond acceptors (Lipinski definition) is 2. The molecule has 1 aromatic carbocycles. The van der Waals surface area contributed by atoms with Crippen LogP contribution < -0.4 is 11.1 Å². The Morgan fingerprint density at radius 2 is 1.94 bits per heavy atom. The Kier molecular flexibility index (Phi) is 3.48. The molecule has 0 radical (unpaired) electrons. The molecule has 1 aliphatic rings. The van der Waals surface area contributed by atoms with E-state index < -0.39 is 0 Å². The maximum absolute atomic E-state index is 11.9. The van der Waals surface area contributed by atoms with E-state index in [0.29, 0.717) is 12.5 Å². The van der Waals surface area contributed by atoms with Crippen LogP contribution in [-0.2, 0) is 0 Å². The number of nitrogens with two attached hydrogens (primary N) is 1. The molecule has 3 heteroatoms. The normalized spacial score (nSPS) is 16.6. The van der Waals surface area contributed by atoms with E-state index in [9.17, 15) is 4.79 Å². The molecule has 0 heterocycles. The van der Waals surface area contributed by atoms with Crippen LogP contribution in [0.4, 0.5) is 0 Å². The Morgan fingerprint density at radius 1 is 1.35 bits per heavy atom. The first-order valence-electron chi connectivity index (χ1n) is 6.18. The van der Waals surface area contributed by atoms with Gasteiger partial charge in [-0.3, -0.25) is 4.79 Å². The molecule has 17 heavy (non-hydrogen) atoms. The zero-order valence-corrected chi connectivity index (χ0v) is 10.5. The van der Waals surface area contributed by atoms with Crippen LogP contribution in [0, 0.1) is 19.8 Å². The summed E-state index contributed by atoms with van der Waals surface area (Å²) in [6.45, 7) is 4.58. The van der Waals surface area contributed by atoms with Crippen molar-refractivity contribution in [2.75, 3.05) is 6.54 Å². The Balaban J connectivity index is 1.94. The first-order valence-corrected chi connectivity index (χ1v) is 6.18. The van der Waals surface area contributed by atoms with Crippen molar-refractivity contribution in [3.63, 3.8) is 0 Å². The zero-order chi connectivity index (χ0) is 12.4. The highest BCUT2D eigenvalue weighted by Crippen LogP contribution is 2.31. The minimum Gasteiger partial charge on any atom is -0.350 e. The van der Waals surface area contributed by atoms with Gasteiger partial charge in [0.15, 0.2) is 0 Å². The van der Waals surface area contributed by atoms with Gasteiger partial charge in [-0.2, -0.15) is 0 Å².